The van der Waals surface area contributed by atoms with Crippen molar-refractivity contribution >= 4 is 23.4 Å². The molecule has 4 nitrogen and oxygen atoms in total. The van der Waals surface area contributed by atoms with E-state index in [1.54, 1.807) is 4.90 Å². The molecule has 0 unspecified atom stereocenters. The predicted molar refractivity (Wildman–Crippen MR) is 58.8 cm³/mol. The van der Waals surface area contributed by atoms with Crippen LogP contribution in [0.15, 0.2) is 0 Å². The first-order valence-electron chi connectivity index (χ1n) is 5.30. The van der Waals surface area contributed by atoms with Crippen LogP contribution in [-0.4, -0.2) is 53.7 Å². The van der Waals surface area contributed by atoms with Crippen LogP contribution in [0.5, 0.6) is 0 Å². The summed E-state index contributed by atoms with van der Waals surface area (Å²) in [6, 6.07) is 0. The molecular weight excluding hydrogens is 216 g/mol. The van der Waals surface area contributed by atoms with Crippen molar-refractivity contribution in [2.45, 2.75) is 19.8 Å². The highest BCUT2D eigenvalue weighted by Gasteiger charge is 2.22. The van der Waals surface area contributed by atoms with Crippen LogP contribution in [0.2, 0.25) is 0 Å². The average Bonchev–Trinajstić information content (AvgIpc) is 2.28. The second-order valence-corrected chi connectivity index (χ2v) is 3.93. The van der Waals surface area contributed by atoms with Gasteiger partial charge in [0.15, 0.2) is 0 Å². The number of nitrogens with zero attached hydrogens (tertiary/aromatic N) is 2. The lowest BCUT2D eigenvalue weighted by Crippen LogP contribution is -2.50. The van der Waals surface area contributed by atoms with Crippen LogP contribution < -0.4 is 0 Å². The van der Waals surface area contributed by atoms with Crippen LogP contribution >= 0.6 is 11.6 Å². The molecule has 1 saturated heterocycles. The minimum atomic E-state index is 0.0913. The Morgan fingerprint density at radius 2 is 1.53 bits per heavy atom. The van der Waals surface area contributed by atoms with Gasteiger partial charge in [0.1, 0.15) is 0 Å². The van der Waals surface area contributed by atoms with Crippen LogP contribution in [0.4, 0.5) is 0 Å². The number of hydrogen-bond acceptors (Lipinski definition) is 2. The summed E-state index contributed by atoms with van der Waals surface area (Å²) < 4.78 is 0. The SMILES string of the molecule is CCC(=O)N1CCN(C(=O)CCCl)CC1. The molecule has 15 heavy (non-hydrogen) atoms. The Bertz CT molecular complexity index is 238. The molecular formula is C10H17ClN2O2. The summed E-state index contributed by atoms with van der Waals surface area (Å²) in [5, 5.41) is 0. The van der Waals surface area contributed by atoms with Crippen molar-refractivity contribution in [3.8, 4) is 0 Å². The number of piperazine rings is 1. The van der Waals surface area contributed by atoms with Crippen molar-refractivity contribution < 1.29 is 9.59 Å². The Morgan fingerprint density at radius 3 is 1.93 bits per heavy atom. The molecule has 0 saturated carbocycles. The summed E-state index contributed by atoms with van der Waals surface area (Å²) in [4.78, 5) is 26.4. The van der Waals surface area contributed by atoms with Gasteiger partial charge in [0.2, 0.25) is 11.8 Å². The summed E-state index contributed by atoms with van der Waals surface area (Å²) in [6.07, 6.45) is 0.929. The number of rotatable bonds is 3. The normalized spacial score (nSPS) is 16.7. The molecule has 2 amide bonds. The molecule has 1 rings (SSSR count). The maximum atomic E-state index is 11.5. The number of hydrogen-bond donors (Lipinski definition) is 0. The van der Waals surface area contributed by atoms with E-state index in [2.05, 4.69) is 0 Å². The lowest BCUT2D eigenvalue weighted by molar-refractivity contribution is -0.139. The average molecular weight is 233 g/mol. The molecule has 86 valence electrons. The van der Waals surface area contributed by atoms with Crippen molar-refractivity contribution in [1.82, 2.24) is 9.80 Å². The van der Waals surface area contributed by atoms with Gasteiger partial charge in [-0.25, -0.2) is 0 Å². The van der Waals surface area contributed by atoms with Gasteiger partial charge in [0.25, 0.3) is 0 Å². The quantitative estimate of drug-likeness (QED) is 0.672. The molecule has 1 heterocycles. The van der Waals surface area contributed by atoms with Crippen molar-refractivity contribution in [3.05, 3.63) is 0 Å². The maximum absolute atomic E-state index is 11.5. The third-order valence-corrected chi connectivity index (χ3v) is 2.78. The zero-order chi connectivity index (χ0) is 11.3. The van der Waals surface area contributed by atoms with Gasteiger partial charge < -0.3 is 9.80 Å². The van der Waals surface area contributed by atoms with E-state index < -0.39 is 0 Å². The van der Waals surface area contributed by atoms with Crippen molar-refractivity contribution in [1.29, 1.82) is 0 Å². The van der Waals surface area contributed by atoms with E-state index in [-0.39, 0.29) is 11.8 Å². The monoisotopic (exact) mass is 232 g/mol. The number of amides is 2. The summed E-state index contributed by atoms with van der Waals surface area (Å²) in [7, 11) is 0. The first kappa shape index (κ1) is 12.3. The fourth-order valence-corrected chi connectivity index (χ4v) is 1.83. The maximum Gasteiger partial charge on any atom is 0.223 e. The highest BCUT2D eigenvalue weighted by atomic mass is 35.5. The molecule has 0 N–H and O–H groups in total. The van der Waals surface area contributed by atoms with Crippen LogP contribution in [-0.2, 0) is 9.59 Å². The van der Waals surface area contributed by atoms with E-state index >= 15 is 0 Å². The molecule has 0 bridgehead atoms. The molecule has 1 aliphatic rings. The Morgan fingerprint density at radius 1 is 1.07 bits per heavy atom. The number of halogens is 1. The van der Waals surface area contributed by atoms with Crippen molar-refractivity contribution in [2.24, 2.45) is 0 Å². The van der Waals surface area contributed by atoms with Crippen molar-refractivity contribution in [2.75, 3.05) is 32.1 Å². The standard InChI is InChI=1S/C10H17ClN2O2/c1-2-9(14)12-5-7-13(8-6-12)10(15)3-4-11/h2-8H2,1H3. The van der Waals surface area contributed by atoms with Gasteiger partial charge in [-0.2, -0.15) is 0 Å². The molecule has 0 aromatic heterocycles. The molecule has 5 heteroatoms. The Hall–Kier alpha value is -0.770. The highest BCUT2D eigenvalue weighted by Crippen LogP contribution is 2.05. The molecule has 0 aliphatic carbocycles. The fraction of sp³-hybridized carbons (Fsp3) is 0.800. The number of carbonyl (C=O) groups excluding carboxylic acids is 2. The smallest absolute Gasteiger partial charge is 0.223 e. The van der Waals surface area contributed by atoms with E-state index in [0.29, 0.717) is 44.9 Å². The predicted octanol–water partition coefficient (Wildman–Crippen LogP) is 0.696. The third kappa shape index (κ3) is 3.38. The van der Waals surface area contributed by atoms with Gasteiger partial charge in [0, 0.05) is 44.9 Å². The Balaban J connectivity index is 2.35. The first-order chi connectivity index (χ1) is 7.19. The molecule has 0 spiro atoms. The van der Waals surface area contributed by atoms with E-state index in [1.807, 2.05) is 11.8 Å². The van der Waals surface area contributed by atoms with E-state index in [0.717, 1.165) is 0 Å². The topological polar surface area (TPSA) is 40.6 Å². The van der Waals surface area contributed by atoms with Gasteiger partial charge in [0.05, 0.1) is 0 Å². The molecule has 0 atom stereocenters. The van der Waals surface area contributed by atoms with Gasteiger partial charge >= 0.3 is 0 Å². The van der Waals surface area contributed by atoms with E-state index in [4.69, 9.17) is 11.6 Å². The Labute approximate surface area is 95.2 Å². The summed E-state index contributed by atoms with van der Waals surface area (Å²) in [5.41, 5.74) is 0. The molecule has 1 aliphatic heterocycles. The Kier molecular flexibility index (Phi) is 4.88. The molecule has 0 aromatic rings. The highest BCUT2D eigenvalue weighted by molar-refractivity contribution is 6.18. The van der Waals surface area contributed by atoms with Gasteiger partial charge in [-0.1, -0.05) is 6.92 Å². The molecule has 1 fully saturated rings. The molecule has 0 radical (unpaired) electrons. The first-order valence-corrected chi connectivity index (χ1v) is 5.84. The zero-order valence-electron chi connectivity index (χ0n) is 9.04. The third-order valence-electron chi connectivity index (χ3n) is 2.60. The number of alkyl halides is 1. The van der Waals surface area contributed by atoms with Gasteiger partial charge in [-0.3, -0.25) is 9.59 Å². The minimum Gasteiger partial charge on any atom is -0.339 e. The van der Waals surface area contributed by atoms with Gasteiger partial charge in [-0.15, -0.1) is 11.6 Å². The second kappa shape index (κ2) is 5.95. The minimum absolute atomic E-state index is 0.0913. The van der Waals surface area contributed by atoms with Crippen LogP contribution in [0.3, 0.4) is 0 Å². The van der Waals surface area contributed by atoms with E-state index in [1.165, 1.54) is 0 Å². The lowest BCUT2D eigenvalue weighted by atomic mass is 10.2. The fourth-order valence-electron chi connectivity index (χ4n) is 1.67. The van der Waals surface area contributed by atoms with Crippen LogP contribution in [0, 0.1) is 0 Å². The summed E-state index contributed by atoms with van der Waals surface area (Å²) >= 11 is 5.51. The van der Waals surface area contributed by atoms with Gasteiger partial charge in [-0.05, 0) is 0 Å². The summed E-state index contributed by atoms with van der Waals surface area (Å²) in [5.74, 6) is 0.625. The number of carbonyl (C=O) groups is 2. The van der Waals surface area contributed by atoms with Crippen LogP contribution in [0.25, 0.3) is 0 Å². The van der Waals surface area contributed by atoms with Crippen LogP contribution in [0.1, 0.15) is 19.8 Å². The second-order valence-electron chi connectivity index (χ2n) is 3.55. The zero-order valence-corrected chi connectivity index (χ0v) is 9.79. The van der Waals surface area contributed by atoms with E-state index in [9.17, 15) is 9.59 Å². The largest absolute Gasteiger partial charge is 0.339 e. The summed E-state index contributed by atoms with van der Waals surface area (Å²) in [6.45, 7) is 4.44. The lowest BCUT2D eigenvalue weighted by Gasteiger charge is -2.34. The van der Waals surface area contributed by atoms with Crippen molar-refractivity contribution in [3.63, 3.8) is 0 Å². The molecule has 0 aromatic carbocycles.